The summed E-state index contributed by atoms with van der Waals surface area (Å²) < 4.78 is 0. The summed E-state index contributed by atoms with van der Waals surface area (Å²) in [5.74, 6) is 0.871. The van der Waals surface area contributed by atoms with Crippen LogP contribution in [-0.2, 0) is 0 Å². The molecule has 0 radical (unpaired) electrons. The molecule has 1 aromatic carbocycles. The van der Waals surface area contributed by atoms with Gasteiger partial charge in [-0.15, -0.1) is 0 Å². The number of piperidine rings is 1. The van der Waals surface area contributed by atoms with E-state index in [1.807, 2.05) is 0 Å². The Morgan fingerprint density at radius 1 is 1.31 bits per heavy atom. The third-order valence-electron chi connectivity index (χ3n) is 3.45. The van der Waals surface area contributed by atoms with Crippen LogP contribution in [0.1, 0.15) is 19.8 Å². The number of nitrogens with one attached hydrogen (secondary N) is 1. The molecule has 16 heavy (non-hydrogen) atoms. The molecule has 1 N–H and O–H groups in total. The van der Waals surface area contributed by atoms with Crippen molar-refractivity contribution >= 4 is 5.69 Å². The summed E-state index contributed by atoms with van der Waals surface area (Å²) in [6.45, 7) is 4.64. The van der Waals surface area contributed by atoms with E-state index in [4.69, 9.17) is 0 Å². The molecule has 1 heterocycles. The van der Waals surface area contributed by atoms with Crippen LogP contribution in [0.25, 0.3) is 0 Å². The second-order valence-corrected chi connectivity index (χ2v) is 5.00. The van der Waals surface area contributed by atoms with Gasteiger partial charge in [0.2, 0.25) is 0 Å². The second-order valence-electron chi connectivity index (χ2n) is 5.00. The van der Waals surface area contributed by atoms with Crippen molar-refractivity contribution in [3.05, 3.63) is 30.3 Å². The van der Waals surface area contributed by atoms with Gasteiger partial charge in [-0.25, -0.2) is 0 Å². The van der Waals surface area contributed by atoms with Crippen LogP contribution in [0.4, 0.5) is 5.69 Å². The molecule has 0 bridgehead atoms. The fourth-order valence-electron chi connectivity index (χ4n) is 2.48. The quantitative estimate of drug-likeness (QED) is 0.838. The maximum atomic E-state index is 3.61. The maximum absolute atomic E-state index is 3.61. The lowest BCUT2D eigenvalue weighted by Gasteiger charge is -2.32. The fraction of sp³-hybridized carbons (Fsp3) is 0.571. The van der Waals surface area contributed by atoms with Crippen LogP contribution in [0.15, 0.2) is 30.3 Å². The van der Waals surface area contributed by atoms with Gasteiger partial charge >= 0.3 is 0 Å². The van der Waals surface area contributed by atoms with Gasteiger partial charge in [0.25, 0.3) is 0 Å². The minimum atomic E-state index is 0.647. The first kappa shape index (κ1) is 11.5. The Hall–Kier alpha value is -1.02. The normalized spacial score (nSPS) is 25.4. The van der Waals surface area contributed by atoms with E-state index < -0.39 is 0 Å². The van der Waals surface area contributed by atoms with Gasteiger partial charge in [0, 0.05) is 25.3 Å². The van der Waals surface area contributed by atoms with Crippen molar-refractivity contribution in [2.75, 3.05) is 25.0 Å². The van der Waals surface area contributed by atoms with Crippen molar-refractivity contribution in [1.29, 1.82) is 0 Å². The highest BCUT2D eigenvalue weighted by molar-refractivity contribution is 5.45. The Labute approximate surface area is 98.7 Å². The van der Waals surface area contributed by atoms with Crippen LogP contribution in [0, 0.1) is 5.92 Å². The molecule has 1 aromatic rings. The number of hydrogen-bond donors (Lipinski definition) is 1. The first-order valence-corrected chi connectivity index (χ1v) is 6.25. The van der Waals surface area contributed by atoms with Gasteiger partial charge in [0.1, 0.15) is 0 Å². The van der Waals surface area contributed by atoms with Crippen molar-refractivity contribution in [2.45, 2.75) is 25.8 Å². The summed E-state index contributed by atoms with van der Waals surface area (Å²) in [4.78, 5) is 2.34. The summed E-state index contributed by atoms with van der Waals surface area (Å²) in [5.41, 5.74) is 1.31. The zero-order chi connectivity index (χ0) is 11.4. The van der Waals surface area contributed by atoms with Gasteiger partial charge in [-0.05, 0) is 37.4 Å². The number of para-hydroxylation sites is 1. The van der Waals surface area contributed by atoms with Crippen molar-refractivity contribution < 1.29 is 0 Å². The van der Waals surface area contributed by atoms with E-state index in [0.717, 1.165) is 12.5 Å². The van der Waals surface area contributed by atoms with Crippen molar-refractivity contribution in [1.82, 2.24) is 5.32 Å². The number of nitrogens with zero attached hydrogens (tertiary/aromatic N) is 1. The number of likely N-dealkylation sites (N-methyl/N-ethyl adjacent to an activating group) is 1. The van der Waals surface area contributed by atoms with Gasteiger partial charge in [0.05, 0.1) is 0 Å². The molecular weight excluding hydrogens is 196 g/mol. The summed E-state index contributed by atoms with van der Waals surface area (Å²) >= 11 is 0. The van der Waals surface area contributed by atoms with Gasteiger partial charge in [-0.3, -0.25) is 0 Å². The third kappa shape index (κ3) is 2.99. The Morgan fingerprint density at radius 2 is 2.06 bits per heavy atom. The zero-order valence-electron chi connectivity index (χ0n) is 10.3. The summed E-state index contributed by atoms with van der Waals surface area (Å²) in [5, 5.41) is 3.61. The fourth-order valence-corrected chi connectivity index (χ4v) is 2.48. The molecule has 2 heteroatoms. The first-order chi connectivity index (χ1) is 7.75. The van der Waals surface area contributed by atoms with E-state index in [0.29, 0.717) is 6.04 Å². The monoisotopic (exact) mass is 218 g/mol. The molecular formula is C14H22N2. The average Bonchev–Trinajstić information content (AvgIpc) is 2.30. The lowest BCUT2D eigenvalue weighted by molar-refractivity contribution is 0.322. The molecule has 0 saturated carbocycles. The molecule has 0 spiro atoms. The lowest BCUT2D eigenvalue weighted by atomic mass is 9.94. The minimum Gasteiger partial charge on any atom is -0.373 e. The summed E-state index contributed by atoms with van der Waals surface area (Å²) in [6.07, 6.45) is 2.63. The van der Waals surface area contributed by atoms with Crippen LogP contribution in [0.3, 0.4) is 0 Å². The maximum Gasteiger partial charge on any atom is 0.0364 e. The van der Waals surface area contributed by atoms with Crippen LogP contribution < -0.4 is 10.2 Å². The molecule has 0 aromatic heterocycles. The van der Waals surface area contributed by atoms with Crippen molar-refractivity contribution in [3.63, 3.8) is 0 Å². The molecule has 2 unspecified atom stereocenters. The number of rotatable bonds is 3. The molecule has 1 aliphatic heterocycles. The standard InChI is InChI=1S/C14H22N2/c1-12-8-9-15-13(10-12)11-16(2)14-6-4-3-5-7-14/h3-7,12-13,15H,8-11H2,1-2H3. The predicted molar refractivity (Wildman–Crippen MR) is 69.9 cm³/mol. The smallest absolute Gasteiger partial charge is 0.0364 e. The third-order valence-corrected chi connectivity index (χ3v) is 3.45. The molecule has 0 aliphatic carbocycles. The highest BCUT2D eigenvalue weighted by Crippen LogP contribution is 2.18. The topological polar surface area (TPSA) is 15.3 Å². The van der Waals surface area contributed by atoms with Gasteiger partial charge in [-0.1, -0.05) is 25.1 Å². The van der Waals surface area contributed by atoms with Gasteiger partial charge < -0.3 is 10.2 Å². The van der Waals surface area contributed by atoms with Crippen LogP contribution >= 0.6 is 0 Å². The first-order valence-electron chi connectivity index (χ1n) is 6.25. The minimum absolute atomic E-state index is 0.647. The molecule has 1 saturated heterocycles. The molecule has 1 fully saturated rings. The Bertz CT molecular complexity index is 310. The SMILES string of the molecule is CC1CCNC(CN(C)c2ccccc2)C1. The lowest BCUT2D eigenvalue weighted by Crippen LogP contribution is -2.44. The average molecular weight is 218 g/mol. The highest BCUT2D eigenvalue weighted by Gasteiger charge is 2.19. The van der Waals surface area contributed by atoms with E-state index in [-0.39, 0.29) is 0 Å². The van der Waals surface area contributed by atoms with Gasteiger partial charge in [0.15, 0.2) is 0 Å². The predicted octanol–water partition coefficient (Wildman–Crippen LogP) is 2.51. The highest BCUT2D eigenvalue weighted by atomic mass is 15.1. The largest absolute Gasteiger partial charge is 0.373 e. The van der Waals surface area contributed by atoms with Crippen molar-refractivity contribution in [3.8, 4) is 0 Å². The van der Waals surface area contributed by atoms with E-state index >= 15 is 0 Å². The van der Waals surface area contributed by atoms with Crippen LogP contribution in [-0.4, -0.2) is 26.2 Å². The van der Waals surface area contributed by atoms with E-state index in [1.54, 1.807) is 0 Å². The van der Waals surface area contributed by atoms with Crippen LogP contribution in [0.5, 0.6) is 0 Å². The molecule has 1 aliphatic rings. The van der Waals surface area contributed by atoms with Crippen LogP contribution in [0.2, 0.25) is 0 Å². The second kappa shape index (κ2) is 5.35. The molecule has 2 rings (SSSR count). The number of hydrogen-bond acceptors (Lipinski definition) is 2. The van der Waals surface area contributed by atoms with E-state index in [1.165, 1.54) is 25.1 Å². The molecule has 2 nitrogen and oxygen atoms in total. The Morgan fingerprint density at radius 3 is 2.75 bits per heavy atom. The Kier molecular flexibility index (Phi) is 3.83. The van der Waals surface area contributed by atoms with E-state index in [2.05, 4.69) is 54.5 Å². The van der Waals surface area contributed by atoms with E-state index in [9.17, 15) is 0 Å². The summed E-state index contributed by atoms with van der Waals surface area (Å²) in [7, 11) is 2.18. The number of anilines is 1. The summed E-state index contributed by atoms with van der Waals surface area (Å²) in [6, 6.07) is 11.3. The zero-order valence-corrected chi connectivity index (χ0v) is 10.3. The van der Waals surface area contributed by atoms with Crippen molar-refractivity contribution in [2.24, 2.45) is 5.92 Å². The number of benzene rings is 1. The Balaban J connectivity index is 1.89. The molecule has 0 amide bonds. The molecule has 2 atom stereocenters. The van der Waals surface area contributed by atoms with Gasteiger partial charge in [-0.2, -0.15) is 0 Å². The molecule has 88 valence electrons.